The van der Waals surface area contributed by atoms with E-state index in [9.17, 15) is 4.79 Å². The average molecular weight is 331 g/mol. The van der Waals surface area contributed by atoms with Crippen molar-refractivity contribution in [1.29, 1.82) is 0 Å². The zero-order valence-electron chi connectivity index (χ0n) is 14.0. The Morgan fingerprint density at radius 1 is 0.960 bits per heavy atom. The highest BCUT2D eigenvalue weighted by Gasteiger charge is 2.18. The van der Waals surface area contributed by atoms with Crippen LogP contribution in [0.15, 0.2) is 60.7 Å². The predicted molar refractivity (Wildman–Crippen MR) is 104 cm³/mol. The minimum Gasteiger partial charge on any atom is -0.399 e. The fraction of sp³-hybridized carbons (Fsp3) is 0.190. The van der Waals surface area contributed by atoms with E-state index in [-0.39, 0.29) is 5.91 Å². The molecule has 0 spiro atoms. The molecule has 4 rings (SSSR count). The van der Waals surface area contributed by atoms with E-state index >= 15 is 0 Å². The van der Waals surface area contributed by atoms with Crippen LogP contribution in [0.2, 0.25) is 0 Å². The number of nitrogens with two attached hydrogens (primary N) is 1. The Kier molecular flexibility index (Phi) is 4.02. The number of nitrogens with zero attached hydrogens (tertiary/aromatic N) is 1. The molecule has 1 amide bonds. The number of anilines is 3. The van der Waals surface area contributed by atoms with Gasteiger partial charge in [0.1, 0.15) is 0 Å². The Morgan fingerprint density at radius 2 is 1.72 bits per heavy atom. The molecular weight excluding hydrogens is 310 g/mol. The highest BCUT2D eigenvalue weighted by atomic mass is 16.1. The maximum Gasteiger partial charge on any atom is 0.256 e. The van der Waals surface area contributed by atoms with Crippen molar-refractivity contribution in [3.05, 3.63) is 66.2 Å². The van der Waals surface area contributed by atoms with Crippen LogP contribution < -0.4 is 16.0 Å². The smallest absolute Gasteiger partial charge is 0.256 e. The summed E-state index contributed by atoms with van der Waals surface area (Å²) in [4.78, 5) is 15.2. The predicted octanol–water partition coefficient (Wildman–Crippen LogP) is 4.27. The van der Waals surface area contributed by atoms with Crippen molar-refractivity contribution in [3.8, 4) is 0 Å². The third kappa shape index (κ3) is 3.03. The van der Waals surface area contributed by atoms with Gasteiger partial charge in [-0.1, -0.05) is 36.4 Å². The molecule has 1 fully saturated rings. The number of nitrogen functional groups attached to an aromatic ring is 1. The summed E-state index contributed by atoms with van der Waals surface area (Å²) >= 11 is 0. The first-order valence-electron chi connectivity index (χ1n) is 8.66. The number of rotatable bonds is 3. The normalized spacial score (nSPS) is 14.0. The monoisotopic (exact) mass is 331 g/mol. The summed E-state index contributed by atoms with van der Waals surface area (Å²) in [6.45, 7) is 2.03. The molecule has 4 heteroatoms. The van der Waals surface area contributed by atoms with Crippen LogP contribution in [0.3, 0.4) is 0 Å². The fourth-order valence-electron chi connectivity index (χ4n) is 3.50. The summed E-state index contributed by atoms with van der Waals surface area (Å²) in [7, 11) is 0. The molecule has 0 saturated carbocycles. The molecule has 0 atom stereocenters. The van der Waals surface area contributed by atoms with Gasteiger partial charge >= 0.3 is 0 Å². The van der Waals surface area contributed by atoms with Crippen molar-refractivity contribution in [1.82, 2.24) is 0 Å². The summed E-state index contributed by atoms with van der Waals surface area (Å²) in [5.41, 5.74) is 9.10. The molecule has 4 nitrogen and oxygen atoms in total. The van der Waals surface area contributed by atoms with Gasteiger partial charge in [-0.3, -0.25) is 4.79 Å². The lowest BCUT2D eigenvalue weighted by Gasteiger charge is -2.22. The van der Waals surface area contributed by atoms with Crippen LogP contribution in [0.1, 0.15) is 23.2 Å². The molecule has 126 valence electrons. The van der Waals surface area contributed by atoms with E-state index in [1.807, 2.05) is 60.7 Å². The number of hydrogen-bond donors (Lipinski definition) is 2. The Labute approximate surface area is 147 Å². The molecule has 1 aliphatic rings. The molecule has 0 aromatic heterocycles. The largest absolute Gasteiger partial charge is 0.399 e. The minimum atomic E-state index is -0.108. The van der Waals surface area contributed by atoms with Gasteiger partial charge in [-0.05, 0) is 47.9 Å². The number of carbonyl (C=O) groups excluding carboxylic acids is 1. The number of carbonyl (C=O) groups is 1. The number of fused-ring (bicyclic) bond motifs is 1. The Hall–Kier alpha value is -3.01. The van der Waals surface area contributed by atoms with E-state index in [2.05, 4.69) is 10.2 Å². The quantitative estimate of drug-likeness (QED) is 0.705. The van der Waals surface area contributed by atoms with Crippen molar-refractivity contribution in [2.75, 3.05) is 29.0 Å². The number of hydrogen-bond acceptors (Lipinski definition) is 3. The van der Waals surface area contributed by atoms with E-state index in [0.717, 1.165) is 35.2 Å². The van der Waals surface area contributed by atoms with Crippen LogP contribution in [0.25, 0.3) is 10.8 Å². The zero-order chi connectivity index (χ0) is 17.2. The highest BCUT2D eigenvalue weighted by Crippen LogP contribution is 2.31. The van der Waals surface area contributed by atoms with Gasteiger partial charge < -0.3 is 16.0 Å². The van der Waals surface area contributed by atoms with Crippen LogP contribution >= 0.6 is 0 Å². The molecule has 0 bridgehead atoms. The number of benzene rings is 3. The van der Waals surface area contributed by atoms with Crippen LogP contribution in [0, 0.1) is 0 Å². The third-order valence-electron chi connectivity index (χ3n) is 4.75. The maximum absolute atomic E-state index is 12.9. The molecule has 0 aliphatic carbocycles. The van der Waals surface area contributed by atoms with E-state index in [1.54, 1.807) is 0 Å². The molecule has 25 heavy (non-hydrogen) atoms. The Bertz CT molecular complexity index is 924. The zero-order valence-corrected chi connectivity index (χ0v) is 14.0. The summed E-state index contributed by atoms with van der Waals surface area (Å²) < 4.78 is 0. The van der Waals surface area contributed by atoms with E-state index < -0.39 is 0 Å². The minimum absolute atomic E-state index is 0.108. The second-order valence-electron chi connectivity index (χ2n) is 6.45. The second kappa shape index (κ2) is 6.48. The molecule has 1 saturated heterocycles. The van der Waals surface area contributed by atoms with Gasteiger partial charge in [-0.2, -0.15) is 0 Å². The molecule has 3 aromatic carbocycles. The van der Waals surface area contributed by atoms with Crippen molar-refractivity contribution in [2.24, 2.45) is 0 Å². The van der Waals surface area contributed by atoms with Crippen LogP contribution in [-0.2, 0) is 0 Å². The van der Waals surface area contributed by atoms with Crippen molar-refractivity contribution in [2.45, 2.75) is 12.8 Å². The van der Waals surface area contributed by atoms with Gasteiger partial charge in [-0.25, -0.2) is 0 Å². The number of amides is 1. The molecule has 0 radical (unpaired) electrons. The topological polar surface area (TPSA) is 58.4 Å². The molecule has 1 heterocycles. The average Bonchev–Trinajstić information content (AvgIpc) is 3.15. The second-order valence-corrected chi connectivity index (χ2v) is 6.45. The summed E-state index contributed by atoms with van der Waals surface area (Å²) in [5.74, 6) is -0.108. The molecule has 1 aliphatic heterocycles. The van der Waals surface area contributed by atoms with Crippen LogP contribution in [-0.4, -0.2) is 19.0 Å². The lowest BCUT2D eigenvalue weighted by Crippen LogP contribution is -2.21. The lowest BCUT2D eigenvalue weighted by molar-refractivity contribution is 0.102. The van der Waals surface area contributed by atoms with Gasteiger partial charge in [0.2, 0.25) is 0 Å². The van der Waals surface area contributed by atoms with Crippen molar-refractivity contribution < 1.29 is 4.79 Å². The van der Waals surface area contributed by atoms with Gasteiger partial charge in [-0.15, -0.1) is 0 Å². The molecule has 3 N–H and O–H groups in total. The van der Waals surface area contributed by atoms with E-state index in [0.29, 0.717) is 11.3 Å². The highest BCUT2D eigenvalue weighted by molar-refractivity contribution is 6.14. The Morgan fingerprint density at radius 3 is 2.56 bits per heavy atom. The Balaban J connectivity index is 1.70. The van der Waals surface area contributed by atoms with Crippen molar-refractivity contribution in [3.63, 3.8) is 0 Å². The first kappa shape index (κ1) is 15.5. The van der Waals surface area contributed by atoms with E-state index in [4.69, 9.17) is 5.73 Å². The van der Waals surface area contributed by atoms with Crippen LogP contribution in [0.5, 0.6) is 0 Å². The SMILES string of the molecule is Nc1ccc(N2CCCC2)c(NC(=O)c2cccc3ccccc23)c1. The molecule has 3 aromatic rings. The van der Waals surface area contributed by atoms with Gasteiger partial charge in [0, 0.05) is 24.3 Å². The standard InChI is InChI=1S/C21H21N3O/c22-16-10-11-20(24-12-3-4-13-24)19(14-16)23-21(25)18-9-5-7-15-6-1-2-8-17(15)18/h1-2,5-11,14H,3-4,12-13,22H2,(H,23,25). The summed E-state index contributed by atoms with van der Waals surface area (Å²) in [6, 6.07) is 19.5. The molecule has 0 unspecified atom stereocenters. The first-order valence-corrected chi connectivity index (χ1v) is 8.66. The summed E-state index contributed by atoms with van der Waals surface area (Å²) in [5, 5.41) is 5.09. The van der Waals surface area contributed by atoms with Gasteiger partial charge in [0.05, 0.1) is 11.4 Å². The third-order valence-corrected chi connectivity index (χ3v) is 4.75. The van der Waals surface area contributed by atoms with Crippen LogP contribution in [0.4, 0.5) is 17.1 Å². The fourth-order valence-corrected chi connectivity index (χ4v) is 3.50. The van der Waals surface area contributed by atoms with Gasteiger partial charge in [0.25, 0.3) is 5.91 Å². The van der Waals surface area contributed by atoms with E-state index in [1.165, 1.54) is 12.8 Å². The van der Waals surface area contributed by atoms with Crippen molar-refractivity contribution >= 4 is 33.7 Å². The number of nitrogens with one attached hydrogen (secondary N) is 1. The maximum atomic E-state index is 12.9. The molecular formula is C21H21N3O. The lowest BCUT2D eigenvalue weighted by atomic mass is 10.0. The first-order chi connectivity index (χ1) is 12.2. The summed E-state index contributed by atoms with van der Waals surface area (Å²) in [6.07, 6.45) is 2.36. The van der Waals surface area contributed by atoms with Gasteiger partial charge in [0.15, 0.2) is 0 Å².